The van der Waals surface area contributed by atoms with Crippen molar-refractivity contribution in [2.45, 2.75) is 6.92 Å². The molecule has 0 fully saturated rings. The van der Waals surface area contributed by atoms with Crippen molar-refractivity contribution in [1.82, 2.24) is 0 Å². The normalized spacial score (nSPS) is 10.2. The minimum Gasteiger partial charge on any atom is -0.483 e. The first-order chi connectivity index (χ1) is 9.58. The van der Waals surface area contributed by atoms with E-state index < -0.39 is 0 Å². The van der Waals surface area contributed by atoms with E-state index in [9.17, 15) is 4.79 Å². The SMILES string of the molecule is Cc1ccccc1OCC(=O)Nc1cccc(Cl)c1Cl. The summed E-state index contributed by atoms with van der Waals surface area (Å²) in [5.74, 6) is 0.386. The largest absolute Gasteiger partial charge is 0.483 e. The van der Waals surface area contributed by atoms with Gasteiger partial charge in [0, 0.05) is 0 Å². The Bertz CT molecular complexity index is 629. The lowest BCUT2D eigenvalue weighted by Gasteiger charge is -2.10. The smallest absolute Gasteiger partial charge is 0.262 e. The molecule has 0 bridgehead atoms. The summed E-state index contributed by atoms with van der Waals surface area (Å²) in [4.78, 5) is 11.8. The number of anilines is 1. The van der Waals surface area contributed by atoms with Gasteiger partial charge in [0.05, 0.1) is 15.7 Å². The van der Waals surface area contributed by atoms with Crippen molar-refractivity contribution in [3.8, 4) is 5.75 Å². The van der Waals surface area contributed by atoms with Gasteiger partial charge in [-0.25, -0.2) is 0 Å². The van der Waals surface area contributed by atoms with Crippen LogP contribution in [-0.2, 0) is 4.79 Å². The van der Waals surface area contributed by atoms with Gasteiger partial charge in [-0.3, -0.25) is 4.79 Å². The van der Waals surface area contributed by atoms with E-state index in [4.69, 9.17) is 27.9 Å². The van der Waals surface area contributed by atoms with Crippen LogP contribution in [0.3, 0.4) is 0 Å². The summed E-state index contributed by atoms with van der Waals surface area (Å²) >= 11 is 11.9. The molecule has 0 saturated heterocycles. The molecule has 0 aliphatic heterocycles. The van der Waals surface area contributed by atoms with Gasteiger partial charge in [-0.1, -0.05) is 47.5 Å². The van der Waals surface area contributed by atoms with Crippen molar-refractivity contribution in [1.29, 1.82) is 0 Å². The van der Waals surface area contributed by atoms with Crippen molar-refractivity contribution >= 4 is 34.8 Å². The topological polar surface area (TPSA) is 38.3 Å². The summed E-state index contributed by atoms with van der Waals surface area (Å²) in [5, 5.41) is 3.37. The first kappa shape index (κ1) is 14.7. The quantitative estimate of drug-likeness (QED) is 0.913. The van der Waals surface area contributed by atoms with Gasteiger partial charge in [-0.15, -0.1) is 0 Å². The molecular weight excluding hydrogens is 297 g/mol. The maximum atomic E-state index is 11.8. The maximum absolute atomic E-state index is 11.8. The fourth-order valence-corrected chi connectivity index (χ4v) is 2.00. The second kappa shape index (κ2) is 6.64. The number of amides is 1. The average molecular weight is 310 g/mol. The fraction of sp³-hybridized carbons (Fsp3) is 0.133. The first-order valence-electron chi connectivity index (χ1n) is 6.00. The second-order valence-corrected chi connectivity index (χ2v) is 4.99. The number of halogens is 2. The summed E-state index contributed by atoms with van der Waals surface area (Å²) in [5.41, 5.74) is 1.44. The lowest BCUT2D eigenvalue weighted by atomic mass is 10.2. The molecule has 2 rings (SSSR count). The Balaban J connectivity index is 1.96. The molecular formula is C15H13Cl2NO2. The monoisotopic (exact) mass is 309 g/mol. The Hall–Kier alpha value is -1.71. The van der Waals surface area contributed by atoms with Crippen LogP contribution in [0, 0.1) is 6.92 Å². The highest BCUT2D eigenvalue weighted by Gasteiger charge is 2.09. The minimum atomic E-state index is -0.294. The van der Waals surface area contributed by atoms with Gasteiger partial charge in [-0.2, -0.15) is 0 Å². The fourth-order valence-electron chi connectivity index (χ4n) is 1.65. The van der Waals surface area contributed by atoms with E-state index in [1.54, 1.807) is 18.2 Å². The molecule has 2 aromatic rings. The molecule has 0 aliphatic rings. The zero-order valence-electron chi connectivity index (χ0n) is 10.8. The highest BCUT2D eigenvalue weighted by atomic mass is 35.5. The Morgan fingerprint density at radius 3 is 2.65 bits per heavy atom. The predicted octanol–water partition coefficient (Wildman–Crippen LogP) is 4.32. The van der Waals surface area contributed by atoms with Gasteiger partial charge in [0.1, 0.15) is 5.75 Å². The van der Waals surface area contributed by atoms with E-state index in [0.717, 1.165) is 5.56 Å². The van der Waals surface area contributed by atoms with E-state index in [-0.39, 0.29) is 12.5 Å². The molecule has 2 aromatic carbocycles. The molecule has 20 heavy (non-hydrogen) atoms. The second-order valence-electron chi connectivity index (χ2n) is 4.20. The van der Waals surface area contributed by atoms with Gasteiger partial charge in [0.2, 0.25) is 0 Å². The summed E-state index contributed by atoms with van der Waals surface area (Å²) < 4.78 is 5.45. The van der Waals surface area contributed by atoms with E-state index in [1.807, 2.05) is 31.2 Å². The molecule has 1 amide bonds. The molecule has 0 spiro atoms. The Morgan fingerprint density at radius 2 is 1.90 bits per heavy atom. The third kappa shape index (κ3) is 3.65. The zero-order chi connectivity index (χ0) is 14.5. The van der Waals surface area contributed by atoms with Crippen molar-refractivity contribution < 1.29 is 9.53 Å². The third-order valence-electron chi connectivity index (χ3n) is 2.68. The summed E-state index contributed by atoms with van der Waals surface area (Å²) in [6.45, 7) is 1.83. The van der Waals surface area contributed by atoms with Crippen molar-refractivity contribution in [3.63, 3.8) is 0 Å². The number of benzene rings is 2. The highest BCUT2D eigenvalue weighted by molar-refractivity contribution is 6.43. The van der Waals surface area contributed by atoms with Crippen molar-refractivity contribution in [2.75, 3.05) is 11.9 Å². The molecule has 3 nitrogen and oxygen atoms in total. The predicted molar refractivity (Wildman–Crippen MR) is 81.8 cm³/mol. The van der Waals surface area contributed by atoms with Gasteiger partial charge < -0.3 is 10.1 Å². The van der Waals surface area contributed by atoms with Crippen LogP contribution in [0.15, 0.2) is 42.5 Å². The Kier molecular flexibility index (Phi) is 4.88. The van der Waals surface area contributed by atoms with E-state index in [2.05, 4.69) is 5.32 Å². The van der Waals surface area contributed by atoms with Crippen LogP contribution in [0.5, 0.6) is 5.75 Å². The zero-order valence-corrected chi connectivity index (χ0v) is 12.3. The molecule has 104 valence electrons. The van der Waals surface area contributed by atoms with Crippen LogP contribution < -0.4 is 10.1 Å². The lowest BCUT2D eigenvalue weighted by Crippen LogP contribution is -2.20. The van der Waals surface area contributed by atoms with E-state index in [1.165, 1.54) is 0 Å². The van der Waals surface area contributed by atoms with Gasteiger partial charge in [0.25, 0.3) is 5.91 Å². The summed E-state index contributed by atoms with van der Waals surface area (Å²) in [6, 6.07) is 12.5. The molecule has 0 heterocycles. The molecule has 0 aromatic heterocycles. The van der Waals surface area contributed by atoms with Gasteiger partial charge in [0.15, 0.2) is 6.61 Å². The number of carbonyl (C=O) groups excluding carboxylic acids is 1. The number of ether oxygens (including phenoxy) is 1. The highest BCUT2D eigenvalue weighted by Crippen LogP contribution is 2.29. The van der Waals surface area contributed by atoms with Crippen molar-refractivity contribution in [2.24, 2.45) is 0 Å². The number of aryl methyl sites for hydroxylation is 1. The van der Waals surface area contributed by atoms with Crippen LogP contribution in [0.25, 0.3) is 0 Å². The first-order valence-corrected chi connectivity index (χ1v) is 6.76. The van der Waals surface area contributed by atoms with Crippen LogP contribution in [0.2, 0.25) is 10.0 Å². The van der Waals surface area contributed by atoms with Crippen molar-refractivity contribution in [3.05, 3.63) is 58.1 Å². The number of para-hydroxylation sites is 1. The standard InChI is InChI=1S/C15H13Cl2NO2/c1-10-5-2-3-8-13(10)20-9-14(19)18-12-7-4-6-11(16)15(12)17/h2-8H,9H2,1H3,(H,18,19). The molecule has 5 heteroatoms. The van der Waals surface area contributed by atoms with Crippen LogP contribution in [0.4, 0.5) is 5.69 Å². The van der Waals surface area contributed by atoms with Crippen LogP contribution in [-0.4, -0.2) is 12.5 Å². The lowest BCUT2D eigenvalue weighted by molar-refractivity contribution is -0.118. The van der Waals surface area contributed by atoms with Gasteiger partial charge in [-0.05, 0) is 30.7 Å². The number of rotatable bonds is 4. The number of nitrogens with one attached hydrogen (secondary N) is 1. The summed E-state index contributed by atoms with van der Waals surface area (Å²) in [7, 11) is 0. The Labute approximate surface area is 127 Å². The van der Waals surface area contributed by atoms with E-state index in [0.29, 0.717) is 21.5 Å². The molecule has 0 saturated carbocycles. The van der Waals surface area contributed by atoms with Gasteiger partial charge >= 0.3 is 0 Å². The number of hydrogen-bond acceptors (Lipinski definition) is 2. The maximum Gasteiger partial charge on any atom is 0.262 e. The van der Waals surface area contributed by atoms with Crippen LogP contribution in [0.1, 0.15) is 5.56 Å². The third-order valence-corrected chi connectivity index (χ3v) is 3.50. The average Bonchev–Trinajstić information content (AvgIpc) is 2.43. The molecule has 0 aliphatic carbocycles. The number of carbonyl (C=O) groups is 1. The molecule has 0 atom stereocenters. The molecule has 0 radical (unpaired) electrons. The summed E-state index contributed by atoms with van der Waals surface area (Å²) in [6.07, 6.45) is 0. The minimum absolute atomic E-state index is 0.0896. The van der Waals surface area contributed by atoms with Crippen LogP contribution >= 0.6 is 23.2 Å². The molecule has 1 N–H and O–H groups in total. The Morgan fingerprint density at radius 1 is 1.15 bits per heavy atom. The number of hydrogen-bond donors (Lipinski definition) is 1. The molecule has 0 unspecified atom stereocenters. The van der Waals surface area contributed by atoms with E-state index >= 15 is 0 Å².